The molecule has 0 spiro atoms. The van der Waals surface area contributed by atoms with Gasteiger partial charge in [0, 0.05) is 44.6 Å². The molecule has 0 amide bonds. The van der Waals surface area contributed by atoms with Gasteiger partial charge in [-0.05, 0) is 32.4 Å². The van der Waals surface area contributed by atoms with Crippen LogP contribution in [0.25, 0.3) is 0 Å². The number of benzene rings is 1. The summed E-state index contributed by atoms with van der Waals surface area (Å²) in [5.41, 5.74) is 2.97. The van der Waals surface area contributed by atoms with E-state index in [1.54, 1.807) is 22.1 Å². The fraction of sp³-hybridized carbons (Fsp3) is 0.471. The summed E-state index contributed by atoms with van der Waals surface area (Å²) in [6, 6.07) is 8.22. The minimum absolute atomic E-state index is 0.327. The minimum Gasteiger partial charge on any atom is -0.369 e. The lowest BCUT2D eigenvalue weighted by atomic mass is 10.1. The van der Waals surface area contributed by atoms with Gasteiger partial charge in [-0.2, -0.15) is 9.40 Å². The largest absolute Gasteiger partial charge is 0.369 e. The monoisotopic (exact) mass is 348 g/mol. The Morgan fingerprint density at radius 3 is 2.33 bits per heavy atom. The van der Waals surface area contributed by atoms with Gasteiger partial charge in [-0.25, -0.2) is 8.42 Å². The number of nitrogens with zero attached hydrogens (tertiary/aromatic N) is 4. The van der Waals surface area contributed by atoms with Crippen LogP contribution in [0.2, 0.25) is 0 Å². The Bertz CT molecular complexity index is 821. The normalized spacial score (nSPS) is 16.5. The van der Waals surface area contributed by atoms with Gasteiger partial charge in [0.25, 0.3) is 0 Å². The highest BCUT2D eigenvalue weighted by Gasteiger charge is 2.31. The van der Waals surface area contributed by atoms with Crippen molar-refractivity contribution in [2.75, 3.05) is 31.1 Å². The number of hydrogen-bond acceptors (Lipinski definition) is 4. The summed E-state index contributed by atoms with van der Waals surface area (Å²) in [6.45, 7) is 8.84. The highest BCUT2D eigenvalue weighted by Crippen LogP contribution is 2.24. The number of piperazine rings is 1. The van der Waals surface area contributed by atoms with Crippen LogP contribution in [0.1, 0.15) is 18.2 Å². The lowest BCUT2D eigenvalue weighted by Gasteiger charge is -2.36. The number of aromatic nitrogens is 2. The highest BCUT2D eigenvalue weighted by atomic mass is 32.2. The zero-order chi connectivity index (χ0) is 17.3. The van der Waals surface area contributed by atoms with E-state index < -0.39 is 10.0 Å². The number of aryl methyl sites for hydroxylation is 3. The van der Waals surface area contributed by atoms with Gasteiger partial charge in [0.05, 0.1) is 5.69 Å². The van der Waals surface area contributed by atoms with Crippen LogP contribution in [0.5, 0.6) is 0 Å². The summed E-state index contributed by atoms with van der Waals surface area (Å²) in [7, 11) is -3.47. The summed E-state index contributed by atoms with van der Waals surface area (Å²) < 4.78 is 29.1. The Hall–Kier alpha value is -1.86. The predicted molar refractivity (Wildman–Crippen MR) is 94.8 cm³/mol. The first kappa shape index (κ1) is 17.0. The SMILES string of the molecule is CCn1cc(S(=O)(=O)N2CCN(c3ccccc3C)CC2)c(C)n1. The zero-order valence-electron chi connectivity index (χ0n) is 14.4. The van der Waals surface area contributed by atoms with Crippen molar-refractivity contribution in [2.45, 2.75) is 32.2 Å². The van der Waals surface area contributed by atoms with E-state index in [2.05, 4.69) is 29.1 Å². The van der Waals surface area contributed by atoms with Crippen LogP contribution in [0.4, 0.5) is 5.69 Å². The summed E-state index contributed by atoms with van der Waals surface area (Å²) >= 11 is 0. The second kappa shape index (κ2) is 6.57. The molecule has 1 saturated heterocycles. The van der Waals surface area contributed by atoms with Crippen molar-refractivity contribution in [1.29, 1.82) is 0 Å². The molecule has 0 unspecified atom stereocenters. The molecule has 0 bridgehead atoms. The van der Waals surface area contributed by atoms with Crippen molar-refractivity contribution in [1.82, 2.24) is 14.1 Å². The number of sulfonamides is 1. The van der Waals surface area contributed by atoms with Crippen LogP contribution in [0.3, 0.4) is 0 Å². The molecule has 3 rings (SSSR count). The second-order valence-electron chi connectivity index (χ2n) is 6.11. The fourth-order valence-electron chi connectivity index (χ4n) is 3.14. The molecule has 1 aliphatic heterocycles. The van der Waals surface area contributed by atoms with Crippen molar-refractivity contribution < 1.29 is 8.42 Å². The van der Waals surface area contributed by atoms with Gasteiger partial charge >= 0.3 is 0 Å². The number of anilines is 1. The van der Waals surface area contributed by atoms with Crippen molar-refractivity contribution in [3.63, 3.8) is 0 Å². The summed E-state index contributed by atoms with van der Waals surface area (Å²) in [5, 5.41) is 4.26. The topological polar surface area (TPSA) is 58.4 Å². The summed E-state index contributed by atoms with van der Waals surface area (Å²) in [4.78, 5) is 2.58. The van der Waals surface area contributed by atoms with Crippen LogP contribution in [-0.2, 0) is 16.6 Å². The van der Waals surface area contributed by atoms with Crippen LogP contribution in [0, 0.1) is 13.8 Å². The Kier molecular flexibility index (Phi) is 4.64. The van der Waals surface area contributed by atoms with Gasteiger partial charge < -0.3 is 4.90 Å². The molecule has 130 valence electrons. The zero-order valence-corrected chi connectivity index (χ0v) is 15.3. The molecule has 1 aliphatic rings. The molecular formula is C17H24N4O2S. The molecule has 2 aromatic rings. The molecule has 6 nitrogen and oxygen atoms in total. The van der Waals surface area contributed by atoms with E-state index in [4.69, 9.17) is 0 Å². The Morgan fingerprint density at radius 1 is 1.08 bits per heavy atom. The van der Waals surface area contributed by atoms with Gasteiger partial charge in [0.15, 0.2) is 0 Å². The highest BCUT2D eigenvalue weighted by molar-refractivity contribution is 7.89. The van der Waals surface area contributed by atoms with E-state index in [1.807, 2.05) is 19.1 Å². The lowest BCUT2D eigenvalue weighted by molar-refractivity contribution is 0.384. The molecule has 0 saturated carbocycles. The molecule has 0 atom stereocenters. The van der Waals surface area contributed by atoms with Gasteiger partial charge in [-0.3, -0.25) is 4.68 Å². The molecule has 1 fully saturated rings. The molecular weight excluding hydrogens is 324 g/mol. The van der Waals surface area contributed by atoms with Gasteiger partial charge in [0.1, 0.15) is 4.90 Å². The molecule has 7 heteroatoms. The van der Waals surface area contributed by atoms with E-state index in [9.17, 15) is 8.42 Å². The molecule has 0 N–H and O–H groups in total. The second-order valence-corrected chi connectivity index (χ2v) is 8.02. The maximum Gasteiger partial charge on any atom is 0.246 e. The van der Waals surface area contributed by atoms with E-state index in [-0.39, 0.29) is 0 Å². The van der Waals surface area contributed by atoms with Crippen molar-refractivity contribution in [2.24, 2.45) is 0 Å². The maximum absolute atomic E-state index is 12.9. The van der Waals surface area contributed by atoms with Crippen LogP contribution < -0.4 is 4.90 Å². The van der Waals surface area contributed by atoms with E-state index >= 15 is 0 Å². The third-order valence-electron chi connectivity index (χ3n) is 4.54. The molecule has 0 radical (unpaired) electrons. The smallest absolute Gasteiger partial charge is 0.246 e. The van der Waals surface area contributed by atoms with Gasteiger partial charge in [0.2, 0.25) is 10.0 Å². The third-order valence-corrected chi connectivity index (χ3v) is 6.54. The number of rotatable bonds is 4. The average molecular weight is 348 g/mol. The van der Waals surface area contributed by atoms with Gasteiger partial charge in [-0.1, -0.05) is 18.2 Å². The standard InChI is InChI=1S/C17H24N4O2S/c1-4-20-13-17(15(3)18-20)24(22,23)21-11-9-19(10-12-21)16-8-6-5-7-14(16)2/h5-8,13H,4,9-12H2,1-3H3. The number of hydrogen-bond donors (Lipinski definition) is 0. The fourth-order valence-corrected chi connectivity index (χ4v) is 4.73. The van der Waals surface area contributed by atoms with Crippen LogP contribution in [-0.4, -0.2) is 48.7 Å². The first-order chi connectivity index (χ1) is 11.4. The minimum atomic E-state index is -3.47. The van der Waals surface area contributed by atoms with E-state index in [1.165, 1.54) is 11.3 Å². The third kappa shape index (κ3) is 3.06. The predicted octanol–water partition coefficient (Wildman–Crippen LogP) is 2.03. The molecule has 1 aromatic heterocycles. The first-order valence-corrected chi connectivity index (χ1v) is 9.72. The van der Waals surface area contributed by atoms with Crippen molar-refractivity contribution in [3.05, 3.63) is 41.7 Å². The van der Waals surface area contributed by atoms with Crippen LogP contribution in [0.15, 0.2) is 35.4 Å². The van der Waals surface area contributed by atoms with Crippen molar-refractivity contribution >= 4 is 15.7 Å². The first-order valence-electron chi connectivity index (χ1n) is 8.28. The maximum atomic E-state index is 12.9. The molecule has 24 heavy (non-hydrogen) atoms. The van der Waals surface area contributed by atoms with E-state index in [0.29, 0.717) is 43.3 Å². The van der Waals surface area contributed by atoms with Crippen LogP contribution >= 0.6 is 0 Å². The van der Waals surface area contributed by atoms with Crippen molar-refractivity contribution in [3.8, 4) is 0 Å². The molecule has 1 aromatic carbocycles. The average Bonchev–Trinajstić information content (AvgIpc) is 2.97. The Balaban J connectivity index is 1.76. The molecule has 2 heterocycles. The lowest BCUT2D eigenvalue weighted by Crippen LogP contribution is -2.48. The van der Waals surface area contributed by atoms with E-state index in [0.717, 1.165) is 0 Å². The summed E-state index contributed by atoms with van der Waals surface area (Å²) in [6.07, 6.45) is 1.64. The Labute approximate surface area is 143 Å². The quantitative estimate of drug-likeness (QED) is 0.848. The Morgan fingerprint density at radius 2 is 1.75 bits per heavy atom. The number of para-hydroxylation sites is 1. The molecule has 0 aliphatic carbocycles. The van der Waals surface area contributed by atoms with Gasteiger partial charge in [-0.15, -0.1) is 0 Å². The summed E-state index contributed by atoms with van der Waals surface area (Å²) in [5.74, 6) is 0.